The highest BCUT2D eigenvalue weighted by molar-refractivity contribution is 7.89. The fourth-order valence-corrected chi connectivity index (χ4v) is 4.57. The van der Waals surface area contributed by atoms with Crippen molar-refractivity contribution in [3.8, 4) is 5.75 Å². The summed E-state index contributed by atoms with van der Waals surface area (Å²) in [5, 5.41) is 6.32. The average Bonchev–Trinajstić information content (AvgIpc) is 2.91. The first-order valence-corrected chi connectivity index (χ1v) is 10.3. The summed E-state index contributed by atoms with van der Waals surface area (Å²) in [6.45, 7) is 2.72. The van der Waals surface area contributed by atoms with Crippen molar-refractivity contribution in [2.24, 2.45) is 0 Å². The Morgan fingerprint density at radius 1 is 1.19 bits per heavy atom. The minimum Gasteiger partial charge on any atom is -0.495 e. The first kappa shape index (κ1) is 19.4. The van der Waals surface area contributed by atoms with Crippen LogP contribution in [-0.2, 0) is 10.0 Å². The second-order valence-electron chi connectivity index (χ2n) is 6.47. The molecule has 0 aliphatic carbocycles. The van der Waals surface area contributed by atoms with E-state index in [2.05, 4.69) is 10.5 Å². The van der Waals surface area contributed by atoms with E-state index in [4.69, 9.17) is 9.26 Å². The molecule has 1 amide bonds. The highest BCUT2D eigenvalue weighted by atomic mass is 32.2. The fraction of sp³-hybridized carbons (Fsp3) is 0.444. The molecule has 1 aromatic heterocycles. The Labute approximate surface area is 158 Å². The van der Waals surface area contributed by atoms with Gasteiger partial charge >= 0.3 is 0 Å². The van der Waals surface area contributed by atoms with Gasteiger partial charge in [0.05, 0.1) is 23.4 Å². The first-order valence-electron chi connectivity index (χ1n) is 8.84. The van der Waals surface area contributed by atoms with Crippen LogP contribution in [0.3, 0.4) is 0 Å². The van der Waals surface area contributed by atoms with Crippen molar-refractivity contribution in [1.29, 1.82) is 0 Å². The maximum Gasteiger partial charge on any atom is 0.294 e. The van der Waals surface area contributed by atoms with Gasteiger partial charge in [-0.25, -0.2) is 8.42 Å². The number of anilines is 1. The number of amides is 1. The third kappa shape index (κ3) is 4.30. The molecule has 2 aromatic rings. The highest BCUT2D eigenvalue weighted by Crippen LogP contribution is 2.30. The number of methoxy groups -OCH3 is 1. The molecule has 1 aliphatic rings. The standard InChI is InChI=1S/C18H23N3O5S/c1-13-11-17(26-20-13)18(22)19-15-12-14(7-8-16(15)25-2)27(23,24)21-9-5-3-4-6-10-21/h7-8,11-12H,3-6,9-10H2,1-2H3,(H,19,22). The number of rotatable bonds is 5. The van der Waals surface area contributed by atoms with Crippen molar-refractivity contribution < 1.29 is 22.5 Å². The molecule has 1 aliphatic heterocycles. The molecule has 8 nitrogen and oxygen atoms in total. The van der Waals surface area contributed by atoms with E-state index >= 15 is 0 Å². The molecule has 2 heterocycles. The second-order valence-corrected chi connectivity index (χ2v) is 8.40. The van der Waals surface area contributed by atoms with E-state index in [1.54, 1.807) is 6.92 Å². The SMILES string of the molecule is COc1ccc(S(=O)(=O)N2CCCCCC2)cc1NC(=O)c1cc(C)no1. The summed E-state index contributed by atoms with van der Waals surface area (Å²) in [6.07, 6.45) is 3.77. The zero-order valence-electron chi connectivity index (χ0n) is 15.4. The van der Waals surface area contributed by atoms with Crippen molar-refractivity contribution in [2.75, 3.05) is 25.5 Å². The van der Waals surface area contributed by atoms with E-state index in [-0.39, 0.29) is 16.3 Å². The number of benzene rings is 1. The van der Waals surface area contributed by atoms with Crippen LogP contribution in [0, 0.1) is 6.92 Å². The molecular formula is C18H23N3O5S. The van der Waals surface area contributed by atoms with Crippen molar-refractivity contribution in [1.82, 2.24) is 9.46 Å². The van der Waals surface area contributed by atoms with E-state index in [1.165, 1.54) is 35.7 Å². The predicted octanol–water partition coefficient (Wildman–Crippen LogP) is 2.81. The lowest BCUT2D eigenvalue weighted by molar-refractivity contribution is 0.0987. The monoisotopic (exact) mass is 393 g/mol. The van der Waals surface area contributed by atoms with Crippen LogP contribution in [0.2, 0.25) is 0 Å². The maximum atomic E-state index is 13.0. The molecule has 1 aromatic carbocycles. The van der Waals surface area contributed by atoms with Crippen LogP contribution >= 0.6 is 0 Å². The zero-order chi connectivity index (χ0) is 19.4. The van der Waals surface area contributed by atoms with Gasteiger partial charge in [-0.15, -0.1) is 0 Å². The molecule has 3 rings (SSSR count). The molecule has 0 radical (unpaired) electrons. The molecule has 1 saturated heterocycles. The van der Waals surface area contributed by atoms with E-state index < -0.39 is 15.9 Å². The molecule has 27 heavy (non-hydrogen) atoms. The number of aryl methyl sites for hydroxylation is 1. The Morgan fingerprint density at radius 3 is 2.48 bits per heavy atom. The van der Waals surface area contributed by atoms with Crippen molar-refractivity contribution >= 4 is 21.6 Å². The van der Waals surface area contributed by atoms with Crippen LogP contribution in [0.4, 0.5) is 5.69 Å². The summed E-state index contributed by atoms with van der Waals surface area (Å²) in [5.41, 5.74) is 0.831. The lowest BCUT2D eigenvalue weighted by atomic mass is 10.2. The van der Waals surface area contributed by atoms with E-state index in [0.717, 1.165) is 25.7 Å². The Hall–Kier alpha value is -2.39. The van der Waals surface area contributed by atoms with Crippen LogP contribution in [0.25, 0.3) is 0 Å². The fourth-order valence-electron chi connectivity index (χ4n) is 3.03. The van der Waals surface area contributed by atoms with Crippen LogP contribution in [-0.4, -0.2) is 44.0 Å². The van der Waals surface area contributed by atoms with Crippen molar-refractivity contribution in [2.45, 2.75) is 37.5 Å². The number of carbonyl (C=O) groups is 1. The average molecular weight is 393 g/mol. The van der Waals surface area contributed by atoms with Gasteiger partial charge in [-0.2, -0.15) is 4.31 Å². The van der Waals surface area contributed by atoms with E-state index in [1.807, 2.05) is 0 Å². The van der Waals surface area contributed by atoms with E-state index in [0.29, 0.717) is 24.5 Å². The van der Waals surface area contributed by atoms with Crippen LogP contribution < -0.4 is 10.1 Å². The zero-order valence-corrected chi connectivity index (χ0v) is 16.2. The van der Waals surface area contributed by atoms with Gasteiger partial charge < -0.3 is 14.6 Å². The molecular weight excluding hydrogens is 370 g/mol. The Kier molecular flexibility index (Phi) is 5.81. The molecule has 0 spiro atoms. The lowest BCUT2D eigenvalue weighted by Crippen LogP contribution is -2.32. The number of nitrogens with one attached hydrogen (secondary N) is 1. The maximum absolute atomic E-state index is 13.0. The van der Waals surface area contributed by atoms with Crippen LogP contribution in [0.5, 0.6) is 5.75 Å². The Morgan fingerprint density at radius 2 is 1.89 bits per heavy atom. The molecule has 146 valence electrons. The van der Waals surface area contributed by atoms with Gasteiger partial charge in [-0.3, -0.25) is 4.79 Å². The summed E-state index contributed by atoms with van der Waals surface area (Å²) < 4.78 is 37.7. The summed E-state index contributed by atoms with van der Waals surface area (Å²) >= 11 is 0. The molecule has 1 N–H and O–H groups in total. The topological polar surface area (TPSA) is 102 Å². The minimum atomic E-state index is -3.64. The van der Waals surface area contributed by atoms with Gasteiger partial charge in [0.15, 0.2) is 0 Å². The number of carbonyl (C=O) groups excluding carboxylic acids is 1. The van der Waals surface area contributed by atoms with Gasteiger partial charge in [-0.1, -0.05) is 18.0 Å². The highest BCUT2D eigenvalue weighted by Gasteiger charge is 2.26. The number of hydrogen-bond donors (Lipinski definition) is 1. The van der Waals surface area contributed by atoms with Crippen molar-refractivity contribution in [3.63, 3.8) is 0 Å². The number of aromatic nitrogens is 1. The minimum absolute atomic E-state index is 0.0373. The molecule has 1 fully saturated rings. The van der Waals surface area contributed by atoms with Gasteiger partial charge in [0.25, 0.3) is 5.91 Å². The van der Waals surface area contributed by atoms with Crippen molar-refractivity contribution in [3.05, 3.63) is 35.7 Å². The van der Waals surface area contributed by atoms with Gasteiger partial charge in [0, 0.05) is 19.2 Å². The molecule has 0 unspecified atom stereocenters. The summed E-state index contributed by atoms with van der Waals surface area (Å²) in [4.78, 5) is 12.5. The van der Waals surface area contributed by atoms with Gasteiger partial charge in [-0.05, 0) is 38.0 Å². The second kappa shape index (κ2) is 8.10. The molecule has 9 heteroatoms. The molecule has 0 saturated carbocycles. The van der Waals surface area contributed by atoms with Crippen LogP contribution in [0.1, 0.15) is 41.9 Å². The Balaban J connectivity index is 1.89. The largest absolute Gasteiger partial charge is 0.495 e. The first-order chi connectivity index (χ1) is 12.9. The number of hydrogen-bond acceptors (Lipinski definition) is 6. The van der Waals surface area contributed by atoms with Gasteiger partial charge in [0.2, 0.25) is 15.8 Å². The quantitative estimate of drug-likeness (QED) is 0.838. The number of sulfonamides is 1. The summed E-state index contributed by atoms with van der Waals surface area (Å²) in [5.74, 6) is -0.136. The Bertz CT molecular complexity index is 915. The number of ether oxygens (including phenoxy) is 1. The predicted molar refractivity (Wildman–Crippen MR) is 99.4 cm³/mol. The van der Waals surface area contributed by atoms with Crippen LogP contribution in [0.15, 0.2) is 33.7 Å². The summed E-state index contributed by atoms with van der Waals surface area (Å²) in [6, 6.07) is 5.94. The molecule has 0 bridgehead atoms. The van der Waals surface area contributed by atoms with Gasteiger partial charge in [0.1, 0.15) is 5.75 Å². The normalized spacial score (nSPS) is 15.9. The number of nitrogens with zero attached hydrogens (tertiary/aromatic N) is 2. The lowest BCUT2D eigenvalue weighted by Gasteiger charge is -2.20. The third-order valence-electron chi connectivity index (χ3n) is 4.47. The molecule has 0 atom stereocenters. The smallest absolute Gasteiger partial charge is 0.294 e. The summed E-state index contributed by atoms with van der Waals surface area (Å²) in [7, 11) is -2.19. The van der Waals surface area contributed by atoms with E-state index in [9.17, 15) is 13.2 Å². The third-order valence-corrected chi connectivity index (χ3v) is 6.37.